The molecule has 4 rings (SSSR count). The van der Waals surface area contributed by atoms with Gasteiger partial charge in [-0.05, 0) is 49.2 Å². The van der Waals surface area contributed by atoms with Crippen molar-refractivity contribution in [3.05, 3.63) is 68.7 Å². The number of aromatic nitrogens is 2. The second kappa shape index (κ2) is 9.84. The number of aliphatic hydroxyl groups is 2. The Morgan fingerprint density at radius 1 is 1.14 bits per heavy atom. The lowest BCUT2D eigenvalue weighted by Crippen LogP contribution is -2.42. The topological polar surface area (TPSA) is 113 Å². The number of halogens is 3. The van der Waals surface area contributed by atoms with Crippen molar-refractivity contribution >= 4 is 66.5 Å². The number of sulfone groups is 1. The number of nitrogens with zero attached hydrogens (tertiary/aromatic N) is 3. The van der Waals surface area contributed by atoms with Crippen molar-refractivity contribution in [3.8, 4) is 0 Å². The van der Waals surface area contributed by atoms with E-state index in [1.165, 1.54) is 21.7 Å². The van der Waals surface area contributed by atoms with Crippen LogP contribution in [0.3, 0.4) is 0 Å². The summed E-state index contributed by atoms with van der Waals surface area (Å²) in [5.74, 6) is -0.700. The maximum absolute atomic E-state index is 13.9. The van der Waals surface area contributed by atoms with Gasteiger partial charge in [0, 0.05) is 20.9 Å². The van der Waals surface area contributed by atoms with Crippen molar-refractivity contribution in [3.63, 3.8) is 0 Å². The van der Waals surface area contributed by atoms with Crippen molar-refractivity contribution in [1.29, 1.82) is 0 Å². The normalized spacial score (nSPS) is 18.7. The van der Waals surface area contributed by atoms with Gasteiger partial charge >= 0.3 is 0 Å². The Labute approximate surface area is 221 Å². The summed E-state index contributed by atoms with van der Waals surface area (Å²) in [6, 6.07) is 12.0. The lowest BCUT2D eigenvalue weighted by Gasteiger charge is -2.26. The molecule has 2 N–H and O–H groups in total. The van der Waals surface area contributed by atoms with Crippen LogP contribution < -0.4 is 4.90 Å². The first-order valence-electron chi connectivity index (χ1n) is 10.6. The van der Waals surface area contributed by atoms with Crippen LogP contribution in [0.2, 0.25) is 10.0 Å². The first-order chi connectivity index (χ1) is 16.5. The highest BCUT2D eigenvalue weighted by Gasteiger charge is 2.51. The molecule has 1 aliphatic heterocycles. The number of fused-ring (bicyclic) bond motifs is 1. The number of carbonyl (C=O) groups is 1. The second-order valence-corrected chi connectivity index (χ2v) is 12.4. The minimum absolute atomic E-state index is 0.120. The van der Waals surface area contributed by atoms with E-state index in [0.717, 1.165) is 10.0 Å². The maximum Gasteiger partial charge on any atom is 0.260 e. The fourth-order valence-corrected chi connectivity index (χ4v) is 6.48. The number of hydrogen-bond acceptors (Lipinski definition) is 6. The number of imidazole rings is 1. The van der Waals surface area contributed by atoms with Crippen LogP contribution in [-0.4, -0.2) is 52.6 Å². The molecule has 2 unspecified atom stereocenters. The quantitative estimate of drug-likeness (QED) is 0.401. The largest absolute Gasteiger partial charge is 0.394 e. The molecule has 3 aromatic rings. The third-order valence-electron chi connectivity index (χ3n) is 5.88. The molecule has 2 heterocycles. The lowest BCUT2D eigenvalue weighted by atomic mass is 9.92. The summed E-state index contributed by atoms with van der Waals surface area (Å²) in [4.78, 5) is 19.6. The summed E-state index contributed by atoms with van der Waals surface area (Å²) in [5.41, 5.74) is -0.167. The van der Waals surface area contributed by atoms with Crippen molar-refractivity contribution in [1.82, 2.24) is 9.55 Å². The highest BCUT2D eigenvalue weighted by Crippen LogP contribution is 2.44. The van der Waals surface area contributed by atoms with E-state index < -0.39 is 39.7 Å². The number of carbonyl (C=O) groups excluding carboxylic acids is 1. The molecule has 1 aliphatic rings. The van der Waals surface area contributed by atoms with Crippen LogP contribution in [-0.2, 0) is 26.6 Å². The van der Waals surface area contributed by atoms with E-state index in [9.17, 15) is 18.3 Å². The van der Waals surface area contributed by atoms with Gasteiger partial charge in [-0.2, -0.15) is 0 Å². The van der Waals surface area contributed by atoms with Crippen molar-refractivity contribution in [2.45, 2.75) is 36.4 Å². The molecule has 1 aromatic heterocycles. The number of aliphatic hydroxyl groups excluding tert-OH is 2. The van der Waals surface area contributed by atoms with Gasteiger partial charge in [0.1, 0.15) is 5.54 Å². The molecule has 0 spiro atoms. The van der Waals surface area contributed by atoms with Gasteiger partial charge in [0.15, 0.2) is 14.9 Å². The Bertz CT molecular complexity index is 1360. The highest BCUT2D eigenvalue weighted by atomic mass is 79.9. The highest BCUT2D eigenvalue weighted by molar-refractivity contribution is 9.10. The first kappa shape index (κ1) is 26.1. The van der Waals surface area contributed by atoms with E-state index in [1.807, 2.05) is 24.3 Å². The van der Waals surface area contributed by atoms with E-state index in [-0.39, 0.29) is 23.8 Å². The van der Waals surface area contributed by atoms with Crippen LogP contribution in [0.15, 0.2) is 58.2 Å². The Morgan fingerprint density at radius 2 is 1.77 bits per heavy atom. The summed E-state index contributed by atoms with van der Waals surface area (Å²) < 4.78 is 28.9. The first-order valence-corrected chi connectivity index (χ1v) is 13.8. The molecule has 0 fully saturated rings. The van der Waals surface area contributed by atoms with Crippen molar-refractivity contribution < 1.29 is 23.4 Å². The molecular weight excluding hydrogens is 581 g/mol. The second-order valence-electron chi connectivity index (χ2n) is 8.52. The fraction of sp³-hybridized carbons (Fsp3) is 0.304. The number of hydrogen-bond donors (Lipinski definition) is 2. The van der Waals surface area contributed by atoms with Gasteiger partial charge in [-0.25, -0.2) is 18.3 Å². The Balaban J connectivity index is 1.86. The number of amides is 1. The third kappa shape index (κ3) is 5.00. The summed E-state index contributed by atoms with van der Waals surface area (Å²) in [6.45, 7) is 1.11. The van der Waals surface area contributed by atoms with E-state index >= 15 is 0 Å². The van der Waals surface area contributed by atoms with Crippen LogP contribution in [0.25, 0.3) is 0 Å². The fourth-order valence-electron chi connectivity index (χ4n) is 4.14. The minimum Gasteiger partial charge on any atom is -0.394 e. The van der Waals surface area contributed by atoms with Gasteiger partial charge in [0.05, 0.1) is 30.3 Å². The lowest BCUT2D eigenvalue weighted by molar-refractivity contribution is -0.124. The number of benzene rings is 2. The summed E-state index contributed by atoms with van der Waals surface area (Å²) >= 11 is 15.8. The zero-order valence-corrected chi connectivity index (χ0v) is 22.4. The molecule has 35 heavy (non-hydrogen) atoms. The summed E-state index contributed by atoms with van der Waals surface area (Å²) in [6.07, 6.45) is 0.0625. The molecule has 186 valence electrons. The molecule has 2 atom stereocenters. The standard InChI is InChI=1S/C23H22BrCl2N3O5S/c1-23(11-14-2-4-15(24)5-3-14)21(32)28(18-9-16(25)8-17(26)10-18)22-27-12-20(29(22)23)35(33,34)7-6-19(31)13-30/h2-5,8-10,12,19,30-31H,6-7,11,13H2,1H3. The molecule has 2 aromatic carbocycles. The zero-order chi connectivity index (χ0) is 25.5. The summed E-state index contributed by atoms with van der Waals surface area (Å²) in [5, 5.41) is 19.2. The van der Waals surface area contributed by atoms with Gasteiger partial charge in [-0.15, -0.1) is 0 Å². The smallest absolute Gasteiger partial charge is 0.260 e. The Kier molecular flexibility index (Phi) is 7.34. The van der Waals surface area contributed by atoms with E-state index in [0.29, 0.717) is 15.7 Å². The van der Waals surface area contributed by atoms with Gasteiger partial charge in [0.2, 0.25) is 5.95 Å². The molecule has 12 heteroatoms. The molecule has 0 radical (unpaired) electrons. The third-order valence-corrected chi connectivity index (χ3v) is 8.55. The maximum atomic E-state index is 13.9. The minimum atomic E-state index is -3.97. The molecule has 8 nitrogen and oxygen atoms in total. The van der Waals surface area contributed by atoms with Crippen LogP contribution in [0, 0.1) is 0 Å². The van der Waals surface area contributed by atoms with Crippen LogP contribution >= 0.6 is 39.1 Å². The molecule has 0 saturated heterocycles. The monoisotopic (exact) mass is 601 g/mol. The molecular formula is C23H22BrCl2N3O5S. The van der Waals surface area contributed by atoms with Gasteiger partial charge < -0.3 is 10.2 Å². The molecule has 0 bridgehead atoms. The van der Waals surface area contributed by atoms with E-state index in [2.05, 4.69) is 20.9 Å². The molecule has 0 saturated carbocycles. The molecule has 1 amide bonds. The average Bonchev–Trinajstić information content (AvgIpc) is 3.32. The number of rotatable bonds is 8. The predicted molar refractivity (Wildman–Crippen MR) is 137 cm³/mol. The molecule has 0 aliphatic carbocycles. The zero-order valence-electron chi connectivity index (χ0n) is 18.5. The summed E-state index contributed by atoms with van der Waals surface area (Å²) in [7, 11) is -3.97. The number of anilines is 2. The van der Waals surface area contributed by atoms with Crippen molar-refractivity contribution in [2.24, 2.45) is 0 Å². The Morgan fingerprint density at radius 3 is 2.37 bits per heavy atom. The SMILES string of the molecule is CC1(Cc2ccc(Br)cc2)C(=O)N(c2cc(Cl)cc(Cl)c2)c2ncc(S(=O)(=O)CCC(O)CO)n21. The van der Waals surface area contributed by atoms with Gasteiger partial charge in [-0.1, -0.05) is 51.3 Å². The van der Waals surface area contributed by atoms with Crippen LogP contribution in [0.5, 0.6) is 0 Å². The van der Waals surface area contributed by atoms with Crippen LogP contribution in [0.1, 0.15) is 18.9 Å². The van der Waals surface area contributed by atoms with E-state index in [1.54, 1.807) is 19.1 Å². The van der Waals surface area contributed by atoms with Crippen molar-refractivity contribution in [2.75, 3.05) is 17.3 Å². The van der Waals surface area contributed by atoms with E-state index in [4.69, 9.17) is 28.3 Å². The van der Waals surface area contributed by atoms with Crippen LogP contribution in [0.4, 0.5) is 11.6 Å². The predicted octanol–water partition coefficient (Wildman–Crippen LogP) is 4.11. The average molecular weight is 603 g/mol. The van der Waals surface area contributed by atoms with Gasteiger partial charge in [0.25, 0.3) is 5.91 Å². The Hall–Kier alpha value is -1.95. The van der Waals surface area contributed by atoms with Gasteiger partial charge in [-0.3, -0.25) is 9.36 Å².